The fraction of sp³-hybridized carbons (Fsp3) is 0.323. The zero-order valence-corrected chi connectivity index (χ0v) is 24.2. The van der Waals surface area contributed by atoms with Crippen LogP contribution in [0.3, 0.4) is 0 Å². The summed E-state index contributed by atoms with van der Waals surface area (Å²) >= 11 is 0. The van der Waals surface area contributed by atoms with Crippen LogP contribution in [0.2, 0.25) is 0 Å². The molecular formula is C31H37N5O6. The number of methoxy groups -OCH3 is 1. The Balaban J connectivity index is 1.53. The molecule has 0 saturated carbocycles. The van der Waals surface area contributed by atoms with Crippen LogP contribution in [-0.4, -0.2) is 78.9 Å². The molecule has 0 radical (unpaired) electrons. The maximum Gasteiger partial charge on any atom is 0.323 e. The predicted molar refractivity (Wildman–Crippen MR) is 161 cm³/mol. The molecule has 0 unspecified atom stereocenters. The zero-order valence-electron chi connectivity index (χ0n) is 24.2. The van der Waals surface area contributed by atoms with Crippen LogP contribution in [0.1, 0.15) is 24.2 Å². The number of fused-ring (bicyclic) bond motifs is 1. The average Bonchev–Trinajstić information content (AvgIpc) is 2.99. The first-order valence-corrected chi connectivity index (χ1v) is 13.7. The summed E-state index contributed by atoms with van der Waals surface area (Å²) in [5.41, 5.74) is 1.89. The average molecular weight is 576 g/mol. The van der Waals surface area contributed by atoms with E-state index in [0.717, 1.165) is 0 Å². The van der Waals surface area contributed by atoms with Crippen molar-refractivity contribution < 1.29 is 29.0 Å². The Morgan fingerprint density at radius 3 is 2.33 bits per heavy atom. The lowest BCUT2D eigenvalue weighted by Gasteiger charge is -2.38. The maximum absolute atomic E-state index is 13.7. The summed E-state index contributed by atoms with van der Waals surface area (Å²) in [6.45, 7) is 4.02. The predicted octanol–water partition coefficient (Wildman–Crippen LogP) is 4.72. The van der Waals surface area contributed by atoms with Crippen molar-refractivity contribution in [1.82, 2.24) is 9.80 Å². The van der Waals surface area contributed by atoms with Crippen LogP contribution in [0.15, 0.2) is 72.8 Å². The number of urea groups is 2. The molecule has 1 aliphatic rings. The van der Waals surface area contributed by atoms with Crippen LogP contribution < -0.4 is 25.4 Å². The second-order valence-corrected chi connectivity index (χ2v) is 10.3. The molecule has 0 saturated heterocycles. The summed E-state index contributed by atoms with van der Waals surface area (Å²) in [5, 5.41) is 18.3. The van der Waals surface area contributed by atoms with Gasteiger partial charge in [-0.1, -0.05) is 25.1 Å². The van der Waals surface area contributed by atoms with Gasteiger partial charge in [0, 0.05) is 36.6 Å². The van der Waals surface area contributed by atoms with Crippen molar-refractivity contribution in [2.24, 2.45) is 5.92 Å². The number of hydrogen-bond acceptors (Lipinski definition) is 6. The zero-order chi connectivity index (χ0) is 30.2. The number of hydrogen-bond donors (Lipinski definition) is 4. The summed E-state index contributed by atoms with van der Waals surface area (Å²) in [4.78, 5) is 42.4. The number of nitrogens with zero attached hydrogens (tertiary/aromatic N) is 2. The second kappa shape index (κ2) is 13.7. The van der Waals surface area contributed by atoms with Crippen LogP contribution in [0.5, 0.6) is 11.5 Å². The standard InChI is InChI=1S/C31H37N5O6/c1-20-17-36(21(2)19-37)29(38)26-16-24(33-30(39)32-22-8-6-5-7-9-22)12-15-27(26)42-28(20)18-35(3)31(40)34-23-10-13-25(41-4)14-11-23/h5-16,20-21,28,37H,17-19H2,1-4H3,(H,34,40)(H2,32,33,39)/t20-,21+,28-/m1/s1. The Kier molecular flexibility index (Phi) is 9.87. The van der Waals surface area contributed by atoms with Crippen LogP contribution in [0, 0.1) is 5.92 Å². The molecular weight excluding hydrogens is 538 g/mol. The molecule has 4 N–H and O–H groups in total. The third kappa shape index (κ3) is 7.49. The summed E-state index contributed by atoms with van der Waals surface area (Å²) < 4.78 is 11.5. The fourth-order valence-corrected chi connectivity index (χ4v) is 4.58. The van der Waals surface area contributed by atoms with Crippen molar-refractivity contribution in [3.63, 3.8) is 0 Å². The smallest absolute Gasteiger partial charge is 0.323 e. The van der Waals surface area contributed by atoms with Crippen LogP contribution in [0.4, 0.5) is 26.7 Å². The third-order valence-electron chi connectivity index (χ3n) is 7.10. The van der Waals surface area contributed by atoms with Gasteiger partial charge in [-0.15, -0.1) is 0 Å². The lowest BCUT2D eigenvalue weighted by atomic mass is 9.99. The van der Waals surface area contributed by atoms with E-state index in [0.29, 0.717) is 35.1 Å². The molecule has 42 heavy (non-hydrogen) atoms. The Bertz CT molecular complexity index is 1380. The third-order valence-corrected chi connectivity index (χ3v) is 7.10. The number of para-hydroxylation sites is 1. The van der Waals surface area contributed by atoms with Crippen LogP contribution in [0.25, 0.3) is 0 Å². The van der Waals surface area contributed by atoms with E-state index in [-0.39, 0.29) is 36.6 Å². The van der Waals surface area contributed by atoms with Gasteiger partial charge in [0.05, 0.1) is 31.9 Å². The summed E-state index contributed by atoms with van der Waals surface area (Å²) in [6.07, 6.45) is -0.475. The Morgan fingerprint density at radius 2 is 1.67 bits per heavy atom. The van der Waals surface area contributed by atoms with Gasteiger partial charge in [0.2, 0.25) is 0 Å². The van der Waals surface area contributed by atoms with Crippen molar-refractivity contribution >= 4 is 35.0 Å². The van der Waals surface area contributed by atoms with Gasteiger partial charge in [-0.2, -0.15) is 0 Å². The highest BCUT2D eigenvalue weighted by Crippen LogP contribution is 2.31. The van der Waals surface area contributed by atoms with E-state index in [1.807, 2.05) is 25.1 Å². The number of ether oxygens (including phenoxy) is 2. The van der Waals surface area contributed by atoms with Crippen LogP contribution >= 0.6 is 0 Å². The number of aliphatic hydroxyl groups is 1. The van der Waals surface area contributed by atoms with E-state index in [1.54, 1.807) is 80.6 Å². The van der Waals surface area contributed by atoms with Crippen molar-refractivity contribution in [3.8, 4) is 11.5 Å². The molecule has 3 atom stereocenters. The number of carbonyl (C=O) groups is 3. The largest absolute Gasteiger partial charge is 0.497 e. The number of benzene rings is 3. The van der Waals surface area contributed by atoms with E-state index in [4.69, 9.17) is 9.47 Å². The first-order chi connectivity index (χ1) is 20.2. The lowest BCUT2D eigenvalue weighted by Crippen LogP contribution is -2.50. The number of aliphatic hydroxyl groups excluding tert-OH is 1. The highest BCUT2D eigenvalue weighted by molar-refractivity contribution is 6.02. The molecule has 1 aliphatic heterocycles. The minimum atomic E-state index is -0.475. The quantitative estimate of drug-likeness (QED) is 0.307. The highest BCUT2D eigenvalue weighted by atomic mass is 16.5. The number of rotatable bonds is 8. The van der Waals surface area contributed by atoms with E-state index in [1.165, 1.54) is 4.90 Å². The molecule has 0 bridgehead atoms. The van der Waals surface area contributed by atoms with Crippen molar-refractivity contribution in [3.05, 3.63) is 78.4 Å². The normalized spacial score (nSPS) is 17.1. The molecule has 1 heterocycles. The summed E-state index contributed by atoms with van der Waals surface area (Å²) in [6, 6.07) is 19.6. The van der Waals surface area contributed by atoms with Gasteiger partial charge in [-0.25, -0.2) is 9.59 Å². The minimum Gasteiger partial charge on any atom is -0.497 e. The molecule has 222 valence electrons. The molecule has 5 amide bonds. The lowest BCUT2D eigenvalue weighted by molar-refractivity contribution is 0.0371. The molecule has 0 spiro atoms. The van der Waals surface area contributed by atoms with Gasteiger partial charge in [-0.3, -0.25) is 4.79 Å². The highest BCUT2D eigenvalue weighted by Gasteiger charge is 2.34. The van der Waals surface area contributed by atoms with E-state index >= 15 is 0 Å². The number of nitrogens with one attached hydrogen (secondary N) is 3. The topological polar surface area (TPSA) is 132 Å². The Labute approximate surface area is 245 Å². The molecule has 0 fully saturated rings. The van der Waals surface area contributed by atoms with E-state index in [9.17, 15) is 19.5 Å². The van der Waals surface area contributed by atoms with Crippen molar-refractivity contribution in [2.75, 3.05) is 49.8 Å². The van der Waals surface area contributed by atoms with Gasteiger partial charge in [0.15, 0.2) is 0 Å². The van der Waals surface area contributed by atoms with Crippen molar-refractivity contribution in [2.45, 2.75) is 26.0 Å². The maximum atomic E-state index is 13.7. The molecule has 11 heteroatoms. The molecule has 0 aromatic heterocycles. The summed E-state index contributed by atoms with van der Waals surface area (Å²) in [7, 11) is 3.25. The van der Waals surface area contributed by atoms with Gasteiger partial charge >= 0.3 is 12.1 Å². The number of likely N-dealkylation sites (N-methyl/N-ethyl adjacent to an activating group) is 1. The fourth-order valence-electron chi connectivity index (χ4n) is 4.58. The Hall–Kier alpha value is -4.77. The molecule has 4 rings (SSSR count). The van der Waals surface area contributed by atoms with Gasteiger partial charge < -0.3 is 40.3 Å². The first kappa shape index (κ1) is 30.2. The van der Waals surface area contributed by atoms with E-state index < -0.39 is 18.2 Å². The number of anilines is 3. The Morgan fingerprint density at radius 1 is 1.02 bits per heavy atom. The first-order valence-electron chi connectivity index (χ1n) is 13.7. The molecule has 11 nitrogen and oxygen atoms in total. The van der Waals surface area contributed by atoms with E-state index in [2.05, 4.69) is 16.0 Å². The SMILES string of the molecule is COc1ccc(NC(=O)N(C)C[C@H]2Oc3ccc(NC(=O)Nc4ccccc4)cc3C(=O)N([C@@H](C)CO)C[C@H]2C)cc1. The number of carbonyl (C=O) groups excluding carboxylic acids is 3. The minimum absolute atomic E-state index is 0.179. The monoisotopic (exact) mass is 575 g/mol. The second-order valence-electron chi connectivity index (χ2n) is 10.3. The summed E-state index contributed by atoms with van der Waals surface area (Å²) in [5.74, 6) is 0.504. The molecule has 0 aliphatic carbocycles. The van der Waals surface area contributed by atoms with Crippen molar-refractivity contribution in [1.29, 1.82) is 0 Å². The van der Waals surface area contributed by atoms with Gasteiger partial charge in [-0.05, 0) is 61.5 Å². The molecule has 3 aromatic carbocycles. The van der Waals surface area contributed by atoms with Gasteiger partial charge in [0.25, 0.3) is 5.91 Å². The van der Waals surface area contributed by atoms with Gasteiger partial charge in [0.1, 0.15) is 17.6 Å². The molecule has 3 aromatic rings. The van der Waals surface area contributed by atoms with Crippen LogP contribution in [-0.2, 0) is 0 Å². The number of amides is 5.